The van der Waals surface area contributed by atoms with Crippen LogP contribution >= 0.6 is 0 Å². The summed E-state index contributed by atoms with van der Waals surface area (Å²) >= 11 is 0. The summed E-state index contributed by atoms with van der Waals surface area (Å²) in [5.41, 5.74) is 25.9. The molecule has 742 valence electrons. The van der Waals surface area contributed by atoms with Crippen LogP contribution in [0, 0.1) is 51.0 Å². The van der Waals surface area contributed by atoms with E-state index in [0.717, 1.165) is 256 Å². The first-order valence-electron chi connectivity index (χ1n) is 50.9. The SMILES string of the molecule is CC1=Nc2c(C)cc(-c3nc(Nc4ccc(C5CCN(C)CC5)cn4)ncc3F)cc2C12CCCC2.CC1=Nc2c(C)cc(-c3nc(Nc4ccc(N5CCN(C)CC5)cn4)ncc3F)cc2C12CCCC2.CCC1(C)C(C)=Nc2c(C)cc(-c3nc(Nc4ccc(N5CCN(C)CC5)cn4)ncc3F)cc21.CCN1CCN(c2ccc(Nc3ncc(F)c(-c4cc(C)c5c(c4)C(C)(CC)C(C)=N5)n3)nc2)CC1. The number of nitrogens with zero attached hydrogens (tertiary/aromatic N) is 23. The topological polar surface area (TPSA) is 275 Å². The Hall–Kier alpha value is -13.4. The second-order valence-electron chi connectivity index (χ2n) is 40.8. The van der Waals surface area contributed by atoms with Gasteiger partial charge < -0.3 is 55.6 Å². The van der Waals surface area contributed by atoms with E-state index in [1.807, 2.05) is 105 Å². The summed E-state index contributed by atoms with van der Waals surface area (Å²) in [7, 11) is 6.45. The van der Waals surface area contributed by atoms with Crippen LogP contribution in [0.25, 0.3) is 45.0 Å². The number of anilines is 11. The van der Waals surface area contributed by atoms with Gasteiger partial charge in [-0.3, -0.25) is 20.0 Å². The molecule has 10 aliphatic rings. The molecule has 12 aromatic rings. The summed E-state index contributed by atoms with van der Waals surface area (Å²) in [5.74, 6) is 2.59. The lowest BCUT2D eigenvalue weighted by atomic mass is 9.75. The zero-order chi connectivity index (χ0) is 99.9. The molecule has 2 spiro atoms. The number of hydrogen-bond acceptors (Lipinski definition) is 27. The van der Waals surface area contributed by atoms with Gasteiger partial charge in [0, 0.05) is 151 Å². The molecular formula is C112H131F4N27. The zero-order valence-electron chi connectivity index (χ0n) is 85.3. The molecule has 0 radical (unpaired) electrons. The minimum atomic E-state index is -0.456. The third-order valence-electron chi connectivity index (χ3n) is 32.0. The summed E-state index contributed by atoms with van der Waals surface area (Å²) in [6.45, 7) is 43.0. The maximum Gasteiger partial charge on any atom is 0.229 e. The number of likely N-dealkylation sites (tertiary alicyclic amines) is 1. The van der Waals surface area contributed by atoms with E-state index in [0.29, 0.717) is 64.4 Å². The fourth-order valence-electron chi connectivity index (χ4n) is 22.3. The molecule has 4 saturated heterocycles. The summed E-state index contributed by atoms with van der Waals surface area (Å²) in [4.78, 5) is 89.1. The number of benzene rings is 4. The predicted molar refractivity (Wildman–Crippen MR) is 569 cm³/mol. The monoisotopic (exact) mass is 1930 g/mol. The van der Waals surface area contributed by atoms with Crippen LogP contribution in [0.5, 0.6) is 0 Å². The van der Waals surface area contributed by atoms with Crippen molar-refractivity contribution in [3.8, 4) is 45.0 Å². The van der Waals surface area contributed by atoms with Gasteiger partial charge in [-0.25, -0.2) is 77.4 Å². The highest BCUT2D eigenvalue weighted by molar-refractivity contribution is 6.04. The van der Waals surface area contributed by atoms with E-state index in [-0.39, 0.29) is 33.0 Å². The van der Waals surface area contributed by atoms with Crippen molar-refractivity contribution in [3.63, 3.8) is 0 Å². The third kappa shape index (κ3) is 20.1. The maximum absolute atomic E-state index is 15.0. The van der Waals surface area contributed by atoms with Crippen LogP contribution in [0.15, 0.2) is 167 Å². The molecule has 8 aliphatic heterocycles. The van der Waals surface area contributed by atoms with Crippen molar-refractivity contribution in [2.24, 2.45) is 20.0 Å². The Bertz CT molecular complexity index is 6640. The largest absolute Gasteiger partial charge is 0.368 e. The molecule has 0 bridgehead atoms. The predicted octanol–water partition coefficient (Wildman–Crippen LogP) is 22.8. The Morgan fingerprint density at radius 1 is 0.322 bits per heavy atom. The first kappa shape index (κ1) is 98.4. The van der Waals surface area contributed by atoms with Gasteiger partial charge in [0.05, 0.1) is 83.2 Å². The van der Waals surface area contributed by atoms with E-state index in [2.05, 4.69) is 243 Å². The lowest BCUT2D eigenvalue weighted by molar-refractivity contribution is 0.255. The molecule has 4 aromatic carbocycles. The van der Waals surface area contributed by atoms with Crippen LogP contribution in [0.1, 0.15) is 195 Å². The Kier molecular flexibility index (Phi) is 28.3. The van der Waals surface area contributed by atoms with Gasteiger partial charge in [-0.05, 0) is 295 Å². The summed E-state index contributed by atoms with van der Waals surface area (Å²) in [5, 5.41) is 12.6. The second-order valence-corrected chi connectivity index (χ2v) is 40.8. The van der Waals surface area contributed by atoms with Crippen molar-refractivity contribution < 1.29 is 17.6 Å². The Labute approximate surface area is 836 Å². The van der Waals surface area contributed by atoms with E-state index >= 15 is 8.78 Å². The Morgan fingerprint density at radius 2 is 0.608 bits per heavy atom. The van der Waals surface area contributed by atoms with Crippen LogP contribution in [0.3, 0.4) is 0 Å². The van der Waals surface area contributed by atoms with E-state index in [9.17, 15) is 8.78 Å². The highest BCUT2D eigenvalue weighted by atomic mass is 19.1. The molecule has 0 amide bonds. The number of hydrogen-bond donors (Lipinski definition) is 4. The van der Waals surface area contributed by atoms with Crippen molar-refractivity contribution >= 4 is 110 Å². The molecule has 2 saturated carbocycles. The van der Waals surface area contributed by atoms with Crippen molar-refractivity contribution in [3.05, 3.63) is 220 Å². The fourth-order valence-corrected chi connectivity index (χ4v) is 22.3. The normalized spacial score (nSPS) is 19.6. The van der Waals surface area contributed by atoms with Crippen molar-refractivity contribution in [2.75, 3.05) is 155 Å². The van der Waals surface area contributed by atoms with Crippen molar-refractivity contribution in [1.82, 2.24) is 79.4 Å². The van der Waals surface area contributed by atoms with E-state index in [4.69, 9.17) is 20.0 Å². The second kappa shape index (κ2) is 41.2. The summed E-state index contributed by atoms with van der Waals surface area (Å²) in [6, 6.07) is 32.2. The molecule has 143 heavy (non-hydrogen) atoms. The number of aromatic nitrogens is 12. The van der Waals surface area contributed by atoms with E-state index < -0.39 is 23.3 Å². The number of halogens is 4. The molecule has 4 N–H and O–H groups in total. The molecule has 31 heteroatoms. The molecule has 2 atom stereocenters. The number of fused-ring (bicyclic) bond motifs is 6. The lowest BCUT2D eigenvalue weighted by Crippen LogP contribution is -2.46. The van der Waals surface area contributed by atoms with Crippen LogP contribution < -0.4 is 36.0 Å². The Balaban J connectivity index is 0.000000121. The zero-order valence-corrected chi connectivity index (χ0v) is 85.3. The standard InChI is InChI=1S/C29H33FN6.C28H32FN7.C28H34FN7.C27H32FN7/c1-18-14-22(15-23-26(18)33-19(2)29(23)10-4-5-11-29)27-24(30)17-32-28(35-27)34-25-7-6-21(16-31-25)20-8-12-36(3)13-9-20;1-18-14-20(15-22-25(18)32-19(2)28(22)8-4-5-9-28)26-23(29)17-31-27(34-26)33-24-7-6-21(16-30-24)36-12-10-35(3)11-13-36;1-6-28(5)19(4)32-25-18(3)14-20(15-22(25)28)26-23(29)17-31-27(34-26)33-24-9-8-21(16-30-24)36-12-10-35(7-2)11-13-36;1-6-27(4)18(3)31-24-17(2)13-19(14-21(24)27)25-22(28)16-30-26(33-25)32-23-8-7-20(15-29-23)35-11-9-34(5)10-12-35/h6-7,14-17,20H,4-5,8-13H2,1-3H3,(H,31,32,34,35);6-7,14-17H,4-5,8-13H2,1-3H3,(H,30,31,33,34);8-9,14-17H,6-7,10-13H2,1-5H3,(H,30,31,33,34);7-8,13-16H,6,9-12H2,1-5H3,(H,29,30,32,33). The van der Waals surface area contributed by atoms with Gasteiger partial charge in [0.2, 0.25) is 23.8 Å². The van der Waals surface area contributed by atoms with Crippen LogP contribution in [0.4, 0.5) is 104 Å². The number of nitrogens with one attached hydrogen (secondary N) is 4. The lowest BCUT2D eigenvalue weighted by Gasteiger charge is -2.35. The van der Waals surface area contributed by atoms with Crippen LogP contribution in [-0.2, 0) is 21.7 Å². The fraction of sp³-hybridized carbons (Fsp3) is 0.429. The minimum Gasteiger partial charge on any atom is -0.368 e. The quantitative estimate of drug-likeness (QED) is 0.0548. The third-order valence-corrected chi connectivity index (χ3v) is 32.0. The summed E-state index contributed by atoms with van der Waals surface area (Å²) < 4.78 is 59.9. The maximum atomic E-state index is 15.0. The number of pyridine rings is 4. The van der Waals surface area contributed by atoms with Gasteiger partial charge in [0.25, 0.3) is 0 Å². The van der Waals surface area contributed by atoms with Crippen LogP contribution in [-0.4, -0.2) is 222 Å². The number of likely N-dealkylation sites (N-methyl/N-ethyl adjacent to an activating group) is 3. The molecule has 8 aromatic heterocycles. The van der Waals surface area contributed by atoms with Gasteiger partial charge in [-0.1, -0.05) is 66.4 Å². The average molecular weight is 1930 g/mol. The smallest absolute Gasteiger partial charge is 0.229 e. The van der Waals surface area contributed by atoms with Gasteiger partial charge in [-0.2, -0.15) is 0 Å². The van der Waals surface area contributed by atoms with Gasteiger partial charge in [0.15, 0.2) is 23.3 Å². The highest BCUT2D eigenvalue weighted by Crippen LogP contribution is 2.56. The average Bonchev–Trinajstić information content (AvgIpc) is 1.59. The number of aliphatic imine (C=N–C) groups is 4. The van der Waals surface area contributed by atoms with E-state index in [1.54, 1.807) is 0 Å². The minimum absolute atomic E-state index is 0.000103. The summed E-state index contributed by atoms with van der Waals surface area (Å²) in [6.07, 6.45) is 25.8. The molecule has 22 rings (SSSR count). The number of piperidine rings is 1. The van der Waals surface area contributed by atoms with Gasteiger partial charge >= 0.3 is 0 Å². The van der Waals surface area contributed by atoms with Gasteiger partial charge in [-0.15, -0.1) is 0 Å². The van der Waals surface area contributed by atoms with E-state index in [1.165, 1.54) is 78.6 Å². The molecule has 2 unspecified atom stereocenters. The highest BCUT2D eigenvalue weighted by Gasteiger charge is 2.47. The number of piperazine rings is 3. The van der Waals surface area contributed by atoms with Gasteiger partial charge in [0.1, 0.15) is 46.0 Å². The number of aryl methyl sites for hydroxylation is 4. The first-order chi connectivity index (χ1) is 68.9. The Morgan fingerprint density at radius 3 is 0.902 bits per heavy atom. The van der Waals surface area contributed by atoms with Crippen molar-refractivity contribution in [2.45, 2.75) is 195 Å². The molecule has 27 nitrogen and oxygen atoms in total. The van der Waals surface area contributed by atoms with Crippen molar-refractivity contribution in [1.29, 1.82) is 0 Å². The van der Waals surface area contributed by atoms with Crippen LogP contribution in [0.2, 0.25) is 0 Å². The number of rotatable bonds is 19. The molecular weight excluding hydrogens is 1800 g/mol. The molecule has 6 fully saturated rings. The first-order valence-corrected chi connectivity index (χ1v) is 50.9. The molecule has 2 aliphatic carbocycles. The molecule has 16 heterocycles.